The zero-order chi connectivity index (χ0) is 16.8. The summed E-state index contributed by atoms with van der Waals surface area (Å²) >= 11 is 3.38. The Kier molecular flexibility index (Phi) is 4.14. The van der Waals surface area contributed by atoms with E-state index in [9.17, 15) is 9.18 Å². The van der Waals surface area contributed by atoms with E-state index in [-0.39, 0.29) is 17.8 Å². The standard InChI is InChI=1S/C16H20BrFN2O3/c1-15(2,3)23-14(21)20-7-10-8-22-19-16(10,9-20)12-6-11(17)4-5-13(12)18/h4-6,10,19H,7-9H2,1-3H3/t10-,16-/m0/s1. The molecular weight excluding hydrogens is 367 g/mol. The minimum Gasteiger partial charge on any atom is -0.444 e. The van der Waals surface area contributed by atoms with E-state index in [1.807, 2.05) is 20.8 Å². The van der Waals surface area contributed by atoms with E-state index in [0.717, 1.165) is 4.47 Å². The molecule has 2 aliphatic heterocycles. The van der Waals surface area contributed by atoms with Gasteiger partial charge in [-0.15, -0.1) is 0 Å². The summed E-state index contributed by atoms with van der Waals surface area (Å²) in [4.78, 5) is 19.3. The van der Waals surface area contributed by atoms with E-state index in [1.165, 1.54) is 6.07 Å². The number of amides is 1. The molecule has 2 atom stereocenters. The number of fused-ring (bicyclic) bond motifs is 1. The molecule has 7 heteroatoms. The highest BCUT2D eigenvalue weighted by atomic mass is 79.9. The first-order chi connectivity index (χ1) is 10.7. The summed E-state index contributed by atoms with van der Waals surface area (Å²) in [6, 6.07) is 4.81. The molecule has 1 aromatic carbocycles. The molecule has 0 saturated carbocycles. The number of benzene rings is 1. The van der Waals surface area contributed by atoms with Crippen LogP contribution in [-0.4, -0.2) is 36.3 Å². The average Bonchev–Trinajstić information content (AvgIpc) is 2.97. The number of hydrogen-bond donors (Lipinski definition) is 1. The number of hydrogen-bond acceptors (Lipinski definition) is 4. The molecule has 0 bridgehead atoms. The Morgan fingerprint density at radius 1 is 1.52 bits per heavy atom. The third-order valence-corrected chi connectivity index (χ3v) is 4.67. The molecule has 0 unspecified atom stereocenters. The zero-order valence-corrected chi connectivity index (χ0v) is 14.9. The third-order valence-electron chi connectivity index (χ3n) is 4.18. The van der Waals surface area contributed by atoms with Gasteiger partial charge in [0.25, 0.3) is 0 Å². The maximum Gasteiger partial charge on any atom is 0.410 e. The minimum atomic E-state index is -0.745. The number of ether oxygens (including phenoxy) is 1. The Labute approximate surface area is 143 Å². The van der Waals surface area contributed by atoms with Crippen LogP contribution < -0.4 is 5.48 Å². The van der Waals surface area contributed by atoms with Crippen molar-refractivity contribution in [3.05, 3.63) is 34.1 Å². The van der Waals surface area contributed by atoms with Gasteiger partial charge >= 0.3 is 6.09 Å². The molecule has 1 N–H and O–H groups in total. The number of hydroxylamine groups is 1. The molecule has 5 nitrogen and oxygen atoms in total. The molecule has 1 amide bonds. The first kappa shape index (κ1) is 16.7. The van der Waals surface area contributed by atoms with Gasteiger partial charge in [-0.05, 0) is 39.0 Å². The van der Waals surface area contributed by atoms with Crippen LogP contribution in [0.15, 0.2) is 22.7 Å². The number of nitrogens with zero attached hydrogens (tertiary/aromatic N) is 1. The monoisotopic (exact) mass is 386 g/mol. The van der Waals surface area contributed by atoms with Gasteiger partial charge in [-0.25, -0.2) is 9.18 Å². The maximum atomic E-state index is 14.4. The molecule has 0 aromatic heterocycles. The number of likely N-dealkylation sites (tertiary alicyclic amines) is 1. The highest BCUT2D eigenvalue weighted by Gasteiger charge is 2.55. The largest absolute Gasteiger partial charge is 0.444 e. The molecule has 0 radical (unpaired) electrons. The first-order valence-corrected chi connectivity index (χ1v) is 8.33. The molecule has 2 fully saturated rings. The van der Waals surface area contributed by atoms with Gasteiger partial charge in [-0.3, -0.25) is 0 Å². The molecular formula is C16H20BrFN2O3. The summed E-state index contributed by atoms with van der Waals surface area (Å²) in [7, 11) is 0. The van der Waals surface area contributed by atoms with Crippen molar-refractivity contribution in [1.82, 2.24) is 10.4 Å². The molecule has 0 spiro atoms. The van der Waals surface area contributed by atoms with Gasteiger partial charge in [0.05, 0.1) is 12.1 Å². The SMILES string of the molecule is CC(C)(C)OC(=O)N1C[C@H]2CON[C@@]2(c2cc(Br)ccc2F)C1. The van der Waals surface area contributed by atoms with Crippen molar-refractivity contribution in [2.45, 2.75) is 31.9 Å². The van der Waals surface area contributed by atoms with Crippen LogP contribution in [0.1, 0.15) is 26.3 Å². The van der Waals surface area contributed by atoms with Gasteiger partial charge in [-0.2, -0.15) is 5.48 Å². The average molecular weight is 387 g/mol. The Balaban J connectivity index is 1.89. The van der Waals surface area contributed by atoms with E-state index >= 15 is 0 Å². The number of carbonyl (C=O) groups excluding carboxylic acids is 1. The van der Waals surface area contributed by atoms with E-state index < -0.39 is 11.1 Å². The summed E-state index contributed by atoms with van der Waals surface area (Å²) in [5, 5.41) is 0. The second-order valence-corrected chi connectivity index (χ2v) is 7.98. The molecule has 0 aliphatic carbocycles. The van der Waals surface area contributed by atoms with Gasteiger partial charge in [0, 0.05) is 29.0 Å². The van der Waals surface area contributed by atoms with Crippen LogP contribution in [0.5, 0.6) is 0 Å². The Morgan fingerprint density at radius 2 is 2.26 bits per heavy atom. The lowest BCUT2D eigenvalue weighted by molar-refractivity contribution is 0.0149. The van der Waals surface area contributed by atoms with Crippen LogP contribution in [0, 0.1) is 11.7 Å². The Hall–Kier alpha value is -1.18. The topological polar surface area (TPSA) is 50.8 Å². The van der Waals surface area contributed by atoms with Crippen LogP contribution >= 0.6 is 15.9 Å². The van der Waals surface area contributed by atoms with E-state index in [4.69, 9.17) is 9.57 Å². The highest BCUT2D eigenvalue weighted by molar-refractivity contribution is 9.10. The zero-order valence-electron chi connectivity index (χ0n) is 13.4. The van der Waals surface area contributed by atoms with E-state index in [2.05, 4.69) is 21.4 Å². The van der Waals surface area contributed by atoms with Crippen molar-refractivity contribution in [2.24, 2.45) is 5.92 Å². The van der Waals surface area contributed by atoms with E-state index in [1.54, 1.807) is 17.0 Å². The smallest absolute Gasteiger partial charge is 0.410 e. The van der Waals surface area contributed by atoms with Gasteiger partial charge < -0.3 is 14.5 Å². The van der Waals surface area contributed by atoms with Crippen LogP contribution in [0.2, 0.25) is 0 Å². The van der Waals surface area contributed by atoms with Crippen LogP contribution in [0.3, 0.4) is 0 Å². The van der Waals surface area contributed by atoms with Crippen LogP contribution in [-0.2, 0) is 15.1 Å². The predicted octanol–water partition coefficient (Wildman–Crippen LogP) is 3.19. The molecule has 1 aromatic rings. The summed E-state index contributed by atoms with van der Waals surface area (Å²) in [6.07, 6.45) is -0.386. The molecule has 3 rings (SSSR count). The van der Waals surface area contributed by atoms with Gasteiger partial charge in [0.15, 0.2) is 0 Å². The lowest BCUT2D eigenvalue weighted by Crippen LogP contribution is -2.45. The quantitative estimate of drug-likeness (QED) is 0.804. The molecule has 126 valence electrons. The van der Waals surface area contributed by atoms with Crippen molar-refractivity contribution >= 4 is 22.0 Å². The van der Waals surface area contributed by atoms with Gasteiger partial charge in [0.1, 0.15) is 11.4 Å². The molecule has 2 aliphatic rings. The Morgan fingerprint density at radius 3 is 2.96 bits per heavy atom. The van der Waals surface area contributed by atoms with Crippen molar-refractivity contribution in [3.63, 3.8) is 0 Å². The molecule has 2 saturated heterocycles. The molecule has 2 heterocycles. The number of rotatable bonds is 1. The van der Waals surface area contributed by atoms with Crippen molar-refractivity contribution < 1.29 is 18.8 Å². The van der Waals surface area contributed by atoms with Gasteiger partial charge in [0.2, 0.25) is 0 Å². The summed E-state index contributed by atoms with van der Waals surface area (Å²) in [5.41, 5.74) is 2.15. The highest BCUT2D eigenvalue weighted by Crippen LogP contribution is 2.42. The lowest BCUT2D eigenvalue weighted by atomic mass is 9.82. The number of nitrogens with one attached hydrogen (secondary N) is 1. The fraction of sp³-hybridized carbons (Fsp3) is 0.562. The van der Waals surface area contributed by atoms with Crippen LogP contribution in [0.4, 0.5) is 9.18 Å². The fourth-order valence-corrected chi connectivity index (χ4v) is 3.52. The lowest BCUT2D eigenvalue weighted by Gasteiger charge is -2.29. The molecule has 23 heavy (non-hydrogen) atoms. The summed E-state index contributed by atoms with van der Waals surface area (Å²) in [6.45, 7) is 6.67. The maximum absolute atomic E-state index is 14.4. The van der Waals surface area contributed by atoms with Crippen molar-refractivity contribution in [3.8, 4) is 0 Å². The van der Waals surface area contributed by atoms with Crippen molar-refractivity contribution in [1.29, 1.82) is 0 Å². The third kappa shape index (κ3) is 3.09. The van der Waals surface area contributed by atoms with Crippen LogP contribution in [0.25, 0.3) is 0 Å². The van der Waals surface area contributed by atoms with Crippen molar-refractivity contribution in [2.75, 3.05) is 19.7 Å². The first-order valence-electron chi connectivity index (χ1n) is 7.54. The van der Waals surface area contributed by atoms with E-state index in [0.29, 0.717) is 25.3 Å². The number of halogens is 2. The minimum absolute atomic E-state index is 0.0289. The number of carbonyl (C=O) groups is 1. The Bertz CT molecular complexity index is 634. The normalized spacial score (nSPS) is 27.2. The van der Waals surface area contributed by atoms with Gasteiger partial charge in [-0.1, -0.05) is 15.9 Å². The second kappa shape index (κ2) is 5.72. The fourth-order valence-electron chi connectivity index (χ4n) is 3.16. The second-order valence-electron chi connectivity index (χ2n) is 7.07. The predicted molar refractivity (Wildman–Crippen MR) is 86.2 cm³/mol. The summed E-state index contributed by atoms with van der Waals surface area (Å²) < 4.78 is 20.6. The summed E-state index contributed by atoms with van der Waals surface area (Å²) in [5.74, 6) is -0.346.